The van der Waals surface area contributed by atoms with Gasteiger partial charge in [0.1, 0.15) is 17.7 Å². The Morgan fingerprint density at radius 3 is 2.87 bits per heavy atom. The van der Waals surface area contributed by atoms with Crippen LogP contribution >= 0.6 is 0 Å². The van der Waals surface area contributed by atoms with Crippen molar-refractivity contribution >= 4 is 0 Å². The van der Waals surface area contributed by atoms with Crippen molar-refractivity contribution in [3.63, 3.8) is 0 Å². The molecular formula is C12H16FNO. The lowest BCUT2D eigenvalue weighted by atomic mass is 10.0. The minimum Gasteiger partial charge on any atom is -0.488 e. The third-order valence-electron chi connectivity index (χ3n) is 2.78. The molecule has 2 nitrogen and oxygen atoms in total. The van der Waals surface area contributed by atoms with Gasteiger partial charge in [-0.05, 0) is 31.2 Å². The number of benzene rings is 1. The van der Waals surface area contributed by atoms with Crippen molar-refractivity contribution < 1.29 is 9.13 Å². The molecule has 0 saturated heterocycles. The number of rotatable bonds is 3. The molecule has 0 amide bonds. The number of likely N-dealkylation sites (N-methyl/N-ethyl adjacent to an activating group) is 1. The van der Waals surface area contributed by atoms with Gasteiger partial charge in [0, 0.05) is 5.56 Å². The van der Waals surface area contributed by atoms with Gasteiger partial charge in [-0.25, -0.2) is 4.39 Å². The molecule has 1 heterocycles. The third kappa shape index (κ3) is 1.84. The van der Waals surface area contributed by atoms with Crippen LogP contribution in [0.3, 0.4) is 0 Å². The average Bonchev–Trinajstić information content (AvgIpc) is 2.57. The van der Waals surface area contributed by atoms with Gasteiger partial charge in [-0.2, -0.15) is 0 Å². The second-order valence-electron chi connectivity index (χ2n) is 3.78. The fraction of sp³-hybridized carbons (Fsp3) is 0.500. The van der Waals surface area contributed by atoms with Gasteiger partial charge < -0.3 is 10.1 Å². The number of ether oxygens (including phenoxy) is 1. The average molecular weight is 209 g/mol. The first-order valence-electron chi connectivity index (χ1n) is 5.45. The second-order valence-corrected chi connectivity index (χ2v) is 3.78. The Morgan fingerprint density at radius 2 is 2.20 bits per heavy atom. The molecule has 2 atom stereocenters. The molecule has 0 aliphatic carbocycles. The summed E-state index contributed by atoms with van der Waals surface area (Å²) in [7, 11) is 0. The van der Waals surface area contributed by atoms with Crippen LogP contribution < -0.4 is 10.1 Å². The Hall–Kier alpha value is -1.09. The van der Waals surface area contributed by atoms with Crippen LogP contribution in [-0.2, 0) is 0 Å². The topological polar surface area (TPSA) is 21.3 Å². The van der Waals surface area contributed by atoms with E-state index in [2.05, 4.69) is 12.2 Å². The standard InChI is InChI=1S/C12H16FNO/c1-3-10-12(14-4-2)9-7-8(13)5-6-11(9)15-10/h5-7,10,12,14H,3-4H2,1-2H3. The number of fused-ring (bicyclic) bond motifs is 1. The van der Waals surface area contributed by atoms with Crippen molar-refractivity contribution in [1.29, 1.82) is 0 Å². The summed E-state index contributed by atoms with van der Waals surface area (Å²) in [6.07, 6.45) is 1.05. The Balaban J connectivity index is 2.32. The normalized spacial score (nSPS) is 23.7. The van der Waals surface area contributed by atoms with Crippen LogP contribution in [0.4, 0.5) is 4.39 Å². The number of hydrogen-bond donors (Lipinski definition) is 1. The maximum absolute atomic E-state index is 13.1. The van der Waals surface area contributed by atoms with E-state index in [1.165, 1.54) is 6.07 Å². The molecule has 0 aromatic heterocycles. The Labute approximate surface area is 89.4 Å². The van der Waals surface area contributed by atoms with Crippen molar-refractivity contribution in [2.24, 2.45) is 0 Å². The molecule has 0 spiro atoms. The molecule has 0 saturated carbocycles. The zero-order valence-corrected chi connectivity index (χ0v) is 9.09. The molecule has 0 bridgehead atoms. The van der Waals surface area contributed by atoms with Crippen LogP contribution in [0.15, 0.2) is 18.2 Å². The van der Waals surface area contributed by atoms with E-state index >= 15 is 0 Å². The predicted molar refractivity (Wildman–Crippen MR) is 57.5 cm³/mol. The monoisotopic (exact) mass is 209 g/mol. The molecular weight excluding hydrogens is 193 g/mol. The molecule has 1 aliphatic heterocycles. The second kappa shape index (κ2) is 4.19. The van der Waals surface area contributed by atoms with Crippen molar-refractivity contribution in [2.45, 2.75) is 32.4 Å². The first kappa shape index (κ1) is 10.4. The minimum absolute atomic E-state index is 0.127. The predicted octanol–water partition coefficient (Wildman–Crippen LogP) is 2.65. The van der Waals surface area contributed by atoms with Gasteiger partial charge in [0.25, 0.3) is 0 Å². The highest BCUT2D eigenvalue weighted by atomic mass is 19.1. The van der Waals surface area contributed by atoms with Gasteiger partial charge in [0.05, 0.1) is 6.04 Å². The fourth-order valence-electron chi connectivity index (χ4n) is 2.08. The molecule has 0 fully saturated rings. The van der Waals surface area contributed by atoms with Crippen LogP contribution in [0.5, 0.6) is 5.75 Å². The highest BCUT2D eigenvalue weighted by Gasteiger charge is 2.32. The molecule has 1 aromatic rings. The summed E-state index contributed by atoms with van der Waals surface area (Å²) in [5.74, 6) is 0.617. The molecule has 15 heavy (non-hydrogen) atoms. The fourth-order valence-corrected chi connectivity index (χ4v) is 2.08. The van der Waals surface area contributed by atoms with Crippen molar-refractivity contribution in [3.8, 4) is 5.75 Å². The molecule has 82 valence electrons. The number of halogens is 1. The third-order valence-corrected chi connectivity index (χ3v) is 2.78. The number of hydrogen-bond acceptors (Lipinski definition) is 2. The number of nitrogens with one attached hydrogen (secondary N) is 1. The maximum atomic E-state index is 13.1. The smallest absolute Gasteiger partial charge is 0.124 e. The Morgan fingerprint density at radius 1 is 1.40 bits per heavy atom. The van der Waals surface area contributed by atoms with Gasteiger partial charge >= 0.3 is 0 Å². The molecule has 3 heteroatoms. The SMILES string of the molecule is CCNC1c2cc(F)ccc2OC1CC. The maximum Gasteiger partial charge on any atom is 0.124 e. The van der Waals surface area contributed by atoms with Crippen LogP contribution in [0.1, 0.15) is 31.9 Å². The largest absolute Gasteiger partial charge is 0.488 e. The van der Waals surface area contributed by atoms with E-state index in [4.69, 9.17) is 4.74 Å². The lowest BCUT2D eigenvalue weighted by Crippen LogP contribution is -2.30. The van der Waals surface area contributed by atoms with E-state index in [-0.39, 0.29) is 18.0 Å². The molecule has 1 N–H and O–H groups in total. The summed E-state index contributed by atoms with van der Waals surface area (Å²) in [4.78, 5) is 0. The molecule has 2 unspecified atom stereocenters. The summed E-state index contributed by atoms with van der Waals surface area (Å²) < 4.78 is 18.9. The van der Waals surface area contributed by atoms with Crippen molar-refractivity contribution in [3.05, 3.63) is 29.6 Å². The summed E-state index contributed by atoms with van der Waals surface area (Å²) >= 11 is 0. The lowest BCUT2D eigenvalue weighted by molar-refractivity contribution is 0.186. The van der Waals surface area contributed by atoms with Gasteiger partial charge in [0.15, 0.2) is 0 Å². The van der Waals surface area contributed by atoms with Crippen LogP contribution in [0.2, 0.25) is 0 Å². The van der Waals surface area contributed by atoms with E-state index in [9.17, 15) is 4.39 Å². The van der Waals surface area contributed by atoms with Crippen molar-refractivity contribution in [2.75, 3.05) is 6.54 Å². The van der Waals surface area contributed by atoms with E-state index in [1.807, 2.05) is 6.92 Å². The summed E-state index contributed by atoms with van der Waals surface area (Å²) in [5.41, 5.74) is 0.948. The Kier molecular flexibility index (Phi) is 2.91. The lowest BCUT2D eigenvalue weighted by Gasteiger charge is -2.17. The van der Waals surface area contributed by atoms with Crippen LogP contribution in [0, 0.1) is 5.82 Å². The highest BCUT2D eigenvalue weighted by molar-refractivity contribution is 5.41. The zero-order chi connectivity index (χ0) is 10.8. The van der Waals surface area contributed by atoms with E-state index in [0.29, 0.717) is 0 Å². The quantitative estimate of drug-likeness (QED) is 0.826. The first-order chi connectivity index (χ1) is 7.26. The Bertz CT molecular complexity index is 353. The van der Waals surface area contributed by atoms with Crippen LogP contribution in [0.25, 0.3) is 0 Å². The zero-order valence-electron chi connectivity index (χ0n) is 9.09. The molecule has 0 radical (unpaired) electrons. The van der Waals surface area contributed by atoms with E-state index < -0.39 is 0 Å². The summed E-state index contributed by atoms with van der Waals surface area (Å²) in [5, 5.41) is 3.34. The van der Waals surface area contributed by atoms with Gasteiger partial charge in [-0.1, -0.05) is 13.8 Å². The van der Waals surface area contributed by atoms with E-state index in [0.717, 1.165) is 24.3 Å². The van der Waals surface area contributed by atoms with Gasteiger partial charge in [-0.15, -0.1) is 0 Å². The van der Waals surface area contributed by atoms with Crippen LogP contribution in [-0.4, -0.2) is 12.6 Å². The summed E-state index contributed by atoms with van der Waals surface area (Å²) in [6.45, 7) is 4.99. The van der Waals surface area contributed by atoms with Crippen molar-refractivity contribution in [1.82, 2.24) is 5.32 Å². The summed E-state index contributed by atoms with van der Waals surface area (Å²) in [6, 6.07) is 4.86. The van der Waals surface area contributed by atoms with Gasteiger partial charge in [-0.3, -0.25) is 0 Å². The molecule has 2 rings (SSSR count). The minimum atomic E-state index is -0.197. The molecule has 1 aromatic carbocycles. The van der Waals surface area contributed by atoms with E-state index in [1.54, 1.807) is 12.1 Å². The first-order valence-corrected chi connectivity index (χ1v) is 5.45. The highest BCUT2D eigenvalue weighted by Crippen LogP contribution is 2.37. The molecule has 1 aliphatic rings. The van der Waals surface area contributed by atoms with Gasteiger partial charge in [0.2, 0.25) is 0 Å².